The third kappa shape index (κ3) is 4.72. The maximum absolute atomic E-state index is 14.9. The van der Waals surface area contributed by atoms with Crippen LogP contribution in [-0.2, 0) is 10.0 Å². The molecule has 3 N–H and O–H groups in total. The Morgan fingerprint density at radius 2 is 1.71 bits per heavy atom. The Kier molecular flexibility index (Phi) is 6.54. The van der Waals surface area contributed by atoms with Gasteiger partial charge < -0.3 is 15.4 Å². The third-order valence-electron chi connectivity index (χ3n) is 4.89. The quantitative estimate of drug-likeness (QED) is 0.331. The monoisotopic (exact) mass is 521 g/mol. The van der Waals surface area contributed by atoms with Crippen LogP contribution in [0.2, 0.25) is 5.02 Å². The first-order valence-corrected chi connectivity index (χ1v) is 11.8. The summed E-state index contributed by atoms with van der Waals surface area (Å²) < 4.78 is 62.6. The highest BCUT2D eigenvalue weighted by molar-refractivity contribution is 7.92. The molecule has 0 aliphatic carbocycles. The first-order chi connectivity index (χ1) is 16.7. The number of methoxy groups -OCH3 is 1. The Morgan fingerprint density at radius 1 is 0.943 bits per heavy atom. The lowest BCUT2D eigenvalue weighted by atomic mass is 10.0. The molecular weight excluding hydrogens is 504 g/mol. The molecule has 35 heavy (non-hydrogen) atoms. The molecule has 0 saturated heterocycles. The van der Waals surface area contributed by atoms with E-state index in [1.807, 2.05) is 0 Å². The molecule has 0 spiro atoms. The fraction of sp³-hybridized carbons (Fsp3) is 0.143. The van der Waals surface area contributed by atoms with Crippen molar-refractivity contribution >= 4 is 50.1 Å². The number of hydrogen-bond acceptors (Lipinski definition) is 9. The maximum atomic E-state index is 14.9. The normalized spacial score (nSPS) is 11.4. The SMILES string of the molecule is CNc1ncc2cc(-c3cc(NS(=O)(=O)c4cc(Cl)cnc4OC)c(F)cc3F)c(NC)nc2n1. The molecule has 3 aromatic heterocycles. The summed E-state index contributed by atoms with van der Waals surface area (Å²) in [6.07, 6.45) is 2.69. The molecule has 0 atom stereocenters. The van der Waals surface area contributed by atoms with Gasteiger partial charge in [-0.3, -0.25) is 4.72 Å². The Balaban J connectivity index is 1.83. The highest BCUT2D eigenvalue weighted by Gasteiger charge is 2.24. The van der Waals surface area contributed by atoms with Crippen LogP contribution in [0.3, 0.4) is 0 Å². The summed E-state index contributed by atoms with van der Waals surface area (Å²) >= 11 is 5.88. The van der Waals surface area contributed by atoms with Crippen LogP contribution >= 0.6 is 11.6 Å². The van der Waals surface area contributed by atoms with E-state index in [1.165, 1.54) is 19.5 Å². The van der Waals surface area contributed by atoms with Crippen LogP contribution in [0.1, 0.15) is 0 Å². The molecule has 10 nitrogen and oxygen atoms in total. The number of sulfonamides is 1. The summed E-state index contributed by atoms with van der Waals surface area (Å²) in [4.78, 5) is 16.1. The topological polar surface area (TPSA) is 131 Å². The Morgan fingerprint density at radius 3 is 2.40 bits per heavy atom. The minimum Gasteiger partial charge on any atom is -0.480 e. The number of rotatable bonds is 7. The number of benzene rings is 1. The van der Waals surface area contributed by atoms with Crippen LogP contribution < -0.4 is 20.1 Å². The lowest BCUT2D eigenvalue weighted by Gasteiger charge is -2.15. The Labute approximate surface area is 203 Å². The minimum absolute atomic E-state index is 0.0241. The van der Waals surface area contributed by atoms with Crippen molar-refractivity contribution in [2.75, 3.05) is 36.6 Å². The standard InChI is InChI=1S/C21H18ClF2N7O3S/c1-25-19-13(4-10-8-28-21(26-2)30-18(10)29-19)12-6-16(15(24)7-14(12)23)31-35(32,33)17-5-11(22)9-27-20(17)34-3/h4-9,31H,1-3H3,(H2,25,26,28,29,30). The molecule has 4 aromatic rings. The number of fused-ring (bicyclic) bond motifs is 1. The van der Waals surface area contributed by atoms with E-state index >= 15 is 0 Å². The van der Waals surface area contributed by atoms with Gasteiger partial charge in [0.2, 0.25) is 11.8 Å². The third-order valence-corrected chi connectivity index (χ3v) is 6.45. The smallest absolute Gasteiger partial charge is 0.267 e. The summed E-state index contributed by atoms with van der Waals surface area (Å²) in [5, 5.41) is 6.16. The zero-order chi connectivity index (χ0) is 25.3. The molecule has 14 heteroatoms. The number of pyridine rings is 2. The molecule has 0 unspecified atom stereocenters. The molecule has 0 fully saturated rings. The van der Waals surface area contributed by atoms with Gasteiger partial charge in [-0.2, -0.15) is 4.98 Å². The van der Waals surface area contributed by atoms with Crippen LogP contribution in [-0.4, -0.2) is 49.6 Å². The highest BCUT2D eigenvalue weighted by atomic mass is 35.5. The first-order valence-electron chi connectivity index (χ1n) is 9.92. The van der Waals surface area contributed by atoms with Gasteiger partial charge in [-0.1, -0.05) is 11.6 Å². The fourth-order valence-corrected chi connectivity index (χ4v) is 4.69. The number of nitrogens with zero attached hydrogens (tertiary/aromatic N) is 4. The number of aromatic nitrogens is 4. The summed E-state index contributed by atoms with van der Waals surface area (Å²) in [5.74, 6) is -1.74. The number of nitrogens with one attached hydrogen (secondary N) is 3. The molecule has 3 heterocycles. The largest absolute Gasteiger partial charge is 0.480 e. The molecule has 0 aliphatic rings. The van der Waals surface area contributed by atoms with Gasteiger partial charge in [0, 0.05) is 49.1 Å². The molecular formula is C21H18ClF2N7O3S. The minimum atomic E-state index is -4.41. The van der Waals surface area contributed by atoms with Crippen LogP contribution in [0.5, 0.6) is 5.88 Å². The molecule has 4 rings (SSSR count). The van der Waals surface area contributed by atoms with Gasteiger partial charge in [-0.05, 0) is 18.2 Å². The van der Waals surface area contributed by atoms with Crippen molar-refractivity contribution in [3.05, 3.63) is 53.3 Å². The van der Waals surface area contributed by atoms with Crippen LogP contribution in [0.4, 0.5) is 26.2 Å². The maximum Gasteiger partial charge on any atom is 0.267 e. The molecule has 182 valence electrons. The molecule has 0 saturated carbocycles. The van der Waals surface area contributed by atoms with Crippen molar-refractivity contribution in [2.45, 2.75) is 4.90 Å². The number of hydrogen-bond donors (Lipinski definition) is 3. The molecule has 1 aromatic carbocycles. The Bertz CT molecular complexity index is 1550. The summed E-state index contributed by atoms with van der Waals surface area (Å²) in [6.45, 7) is 0. The van der Waals surface area contributed by atoms with Crippen molar-refractivity contribution in [2.24, 2.45) is 0 Å². The van der Waals surface area contributed by atoms with Crippen LogP contribution in [0.25, 0.3) is 22.2 Å². The van der Waals surface area contributed by atoms with Gasteiger partial charge in [0.05, 0.1) is 17.8 Å². The second-order valence-electron chi connectivity index (χ2n) is 7.07. The highest BCUT2D eigenvalue weighted by Crippen LogP contribution is 2.35. The van der Waals surface area contributed by atoms with Gasteiger partial charge in [0.15, 0.2) is 10.5 Å². The van der Waals surface area contributed by atoms with Crippen LogP contribution in [0.15, 0.2) is 41.6 Å². The average molecular weight is 522 g/mol. The van der Waals surface area contributed by atoms with Crippen molar-refractivity contribution in [3.63, 3.8) is 0 Å². The van der Waals surface area contributed by atoms with Crippen molar-refractivity contribution in [1.29, 1.82) is 0 Å². The van der Waals surface area contributed by atoms with Crippen molar-refractivity contribution in [1.82, 2.24) is 19.9 Å². The van der Waals surface area contributed by atoms with Gasteiger partial charge in [0.1, 0.15) is 17.5 Å². The van der Waals surface area contributed by atoms with Gasteiger partial charge in [-0.15, -0.1) is 0 Å². The summed E-state index contributed by atoms with van der Waals surface area (Å²) in [7, 11) is 0.0333. The van der Waals surface area contributed by atoms with E-state index < -0.39 is 32.2 Å². The zero-order valence-electron chi connectivity index (χ0n) is 18.5. The number of ether oxygens (including phenoxy) is 1. The van der Waals surface area contributed by atoms with E-state index in [-0.39, 0.29) is 27.8 Å². The van der Waals surface area contributed by atoms with Gasteiger partial charge >= 0.3 is 0 Å². The van der Waals surface area contributed by atoms with Crippen molar-refractivity contribution in [3.8, 4) is 17.0 Å². The van der Waals surface area contributed by atoms with E-state index in [1.54, 1.807) is 20.2 Å². The molecule has 0 amide bonds. The zero-order valence-corrected chi connectivity index (χ0v) is 20.1. The van der Waals surface area contributed by atoms with Gasteiger partial charge in [0.25, 0.3) is 10.0 Å². The Hall–Kier alpha value is -3.84. The van der Waals surface area contributed by atoms with E-state index in [2.05, 4.69) is 35.3 Å². The fourth-order valence-electron chi connectivity index (χ4n) is 3.27. The number of halogens is 3. The lowest BCUT2D eigenvalue weighted by Crippen LogP contribution is -2.16. The number of anilines is 3. The lowest BCUT2D eigenvalue weighted by molar-refractivity contribution is 0.385. The summed E-state index contributed by atoms with van der Waals surface area (Å²) in [6, 6.07) is 4.26. The van der Waals surface area contributed by atoms with Crippen molar-refractivity contribution < 1.29 is 21.9 Å². The van der Waals surface area contributed by atoms with Gasteiger partial charge in [-0.25, -0.2) is 32.2 Å². The first kappa shape index (κ1) is 24.3. The predicted octanol–water partition coefficient (Wildman–Crippen LogP) is 3.91. The second kappa shape index (κ2) is 9.43. The molecule has 0 bridgehead atoms. The van der Waals surface area contributed by atoms with Crippen LogP contribution in [0, 0.1) is 11.6 Å². The van der Waals surface area contributed by atoms with E-state index in [4.69, 9.17) is 16.3 Å². The molecule has 0 radical (unpaired) electrons. The average Bonchev–Trinajstić information content (AvgIpc) is 2.84. The predicted molar refractivity (Wildman–Crippen MR) is 128 cm³/mol. The van der Waals surface area contributed by atoms with E-state index in [0.717, 1.165) is 12.1 Å². The second-order valence-corrected chi connectivity index (χ2v) is 9.16. The van der Waals surface area contributed by atoms with E-state index in [0.29, 0.717) is 23.0 Å². The molecule has 0 aliphatic heterocycles. The summed E-state index contributed by atoms with van der Waals surface area (Å²) in [5.41, 5.74) is -0.0497. The van der Waals surface area contributed by atoms with E-state index in [9.17, 15) is 17.2 Å².